The van der Waals surface area contributed by atoms with Crippen molar-refractivity contribution in [3.05, 3.63) is 58.6 Å². The van der Waals surface area contributed by atoms with Gasteiger partial charge in [0.25, 0.3) is 0 Å². The molecule has 0 aliphatic heterocycles. The molecule has 3 nitrogen and oxygen atoms in total. The predicted molar refractivity (Wildman–Crippen MR) is 81.4 cm³/mol. The van der Waals surface area contributed by atoms with E-state index in [1.54, 1.807) is 18.2 Å². The second-order valence-corrected chi connectivity index (χ2v) is 5.09. The summed E-state index contributed by atoms with van der Waals surface area (Å²) in [5.74, 6) is 1.03. The largest absolute Gasteiger partial charge is 0.508 e. The average Bonchev–Trinajstić information content (AvgIpc) is 2.45. The normalized spacial score (nSPS) is 12.2. The Morgan fingerprint density at radius 1 is 1.25 bits per heavy atom. The maximum absolute atomic E-state index is 9.44. The molecular formula is C16H18ClNO2. The molecule has 0 aliphatic rings. The Balaban J connectivity index is 2.16. The van der Waals surface area contributed by atoms with Gasteiger partial charge in [0, 0.05) is 16.6 Å². The second-order valence-electron chi connectivity index (χ2n) is 4.65. The van der Waals surface area contributed by atoms with E-state index in [0.29, 0.717) is 11.6 Å². The molecule has 0 amide bonds. The Morgan fingerprint density at radius 2 is 2.05 bits per heavy atom. The molecule has 2 aromatic rings. The Morgan fingerprint density at radius 3 is 2.75 bits per heavy atom. The maximum Gasteiger partial charge on any atom is 0.124 e. The molecular weight excluding hydrogens is 274 g/mol. The van der Waals surface area contributed by atoms with Gasteiger partial charge in [0.1, 0.15) is 18.1 Å². The van der Waals surface area contributed by atoms with E-state index in [4.69, 9.17) is 16.3 Å². The zero-order chi connectivity index (χ0) is 14.5. The number of phenols is 1. The van der Waals surface area contributed by atoms with E-state index >= 15 is 0 Å². The van der Waals surface area contributed by atoms with Crippen LogP contribution in [0, 0.1) is 0 Å². The van der Waals surface area contributed by atoms with Gasteiger partial charge in [-0.3, -0.25) is 0 Å². The van der Waals surface area contributed by atoms with Crippen molar-refractivity contribution in [2.24, 2.45) is 0 Å². The molecule has 0 aliphatic carbocycles. The number of rotatable bonds is 5. The van der Waals surface area contributed by atoms with Crippen LogP contribution in [0.5, 0.6) is 11.5 Å². The van der Waals surface area contributed by atoms with Gasteiger partial charge in [-0.05, 0) is 49.9 Å². The first-order valence-electron chi connectivity index (χ1n) is 6.47. The van der Waals surface area contributed by atoms with E-state index in [1.165, 1.54) is 0 Å². The van der Waals surface area contributed by atoms with E-state index in [2.05, 4.69) is 5.32 Å². The first-order chi connectivity index (χ1) is 9.60. The van der Waals surface area contributed by atoms with Crippen molar-refractivity contribution in [1.82, 2.24) is 5.32 Å². The Bertz CT molecular complexity index is 586. The van der Waals surface area contributed by atoms with Crippen molar-refractivity contribution in [2.45, 2.75) is 19.6 Å². The van der Waals surface area contributed by atoms with E-state index in [-0.39, 0.29) is 11.8 Å². The number of hydrogen-bond acceptors (Lipinski definition) is 3. The van der Waals surface area contributed by atoms with Gasteiger partial charge in [-0.15, -0.1) is 0 Å². The molecule has 2 N–H and O–H groups in total. The van der Waals surface area contributed by atoms with Crippen LogP contribution in [0.1, 0.15) is 24.1 Å². The smallest absolute Gasteiger partial charge is 0.124 e. The molecule has 2 rings (SSSR count). The minimum atomic E-state index is 0.146. The van der Waals surface area contributed by atoms with Gasteiger partial charge in [0.2, 0.25) is 0 Å². The molecule has 0 bridgehead atoms. The fraction of sp³-hybridized carbons (Fsp3) is 0.250. The highest BCUT2D eigenvalue weighted by molar-refractivity contribution is 6.30. The fourth-order valence-corrected chi connectivity index (χ4v) is 2.13. The summed E-state index contributed by atoms with van der Waals surface area (Å²) in [6.45, 7) is 2.45. The van der Waals surface area contributed by atoms with Crippen molar-refractivity contribution in [3.63, 3.8) is 0 Å². The van der Waals surface area contributed by atoms with Gasteiger partial charge in [-0.1, -0.05) is 23.7 Å². The average molecular weight is 292 g/mol. The molecule has 2 aromatic carbocycles. The van der Waals surface area contributed by atoms with E-state index in [9.17, 15) is 5.11 Å². The number of halogens is 1. The highest BCUT2D eigenvalue weighted by atomic mass is 35.5. The molecule has 20 heavy (non-hydrogen) atoms. The van der Waals surface area contributed by atoms with Crippen LogP contribution in [-0.4, -0.2) is 12.2 Å². The van der Waals surface area contributed by atoms with Crippen LogP contribution in [-0.2, 0) is 6.61 Å². The molecule has 0 fully saturated rings. The molecule has 0 saturated heterocycles. The van der Waals surface area contributed by atoms with Crippen molar-refractivity contribution < 1.29 is 9.84 Å². The van der Waals surface area contributed by atoms with E-state index in [1.807, 2.05) is 38.2 Å². The lowest BCUT2D eigenvalue weighted by molar-refractivity contribution is 0.299. The molecule has 0 aromatic heterocycles. The van der Waals surface area contributed by atoms with Crippen LogP contribution in [0.15, 0.2) is 42.5 Å². The number of phenolic OH excluding ortho intramolecular Hbond substituents is 1. The third-order valence-corrected chi connectivity index (χ3v) is 3.41. The Kier molecular flexibility index (Phi) is 4.88. The first kappa shape index (κ1) is 14.7. The topological polar surface area (TPSA) is 41.5 Å². The molecule has 4 heteroatoms. The lowest BCUT2D eigenvalue weighted by Gasteiger charge is -2.17. The summed E-state index contributed by atoms with van der Waals surface area (Å²) in [5.41, 5.74) is 1.93. The van der Waals surface area contributed by atoms with Crippen LogP contribution in [0.3, 0.4) is 0 Å². The third-order valence-electron chi connectivity index (χ3n) is 3.18. The molecule has 1 unspecified atom stereocenters. The molecule has 106 valence electrons. The Hall–Kier alpha value is -1.71. The van der Waals surface area contributed by atoms with Crippen LogP contribution in [0.25, 0.3) is 0 Å². The van der Waals surface area contributed by atoms with Crippen LogP contribution in [0.2, 0.25) is 5.02 Å². The predicted octanol–water partition coefficient (Wildman–Crippen LogP) is 3.91. The minimum Gasteiger partial charge on any atom is -0.508 e. The highest BCUT2D eigenvalue weighted by Gasteiger charge is 2.11. The number of aromatic hydroxyl groups is 1. The number of hydrogen-bond donors (Lipinski definition) is 2. The van der Waals surface area contributed by atoms with Gasteiger partial charge >= 0.3 is 0 Å². The fourth-order valence-electron chi connectivity index (χ4n) is 1.95. The third kappa shape index (κ3) is 3.65. The minimum absolute atomic E-state index is 0.146. The van der Waals surface area contributed by atoms with E-state index in [0.717, 1.165) is 16.9 Å². The summed E-state index contributed by atoms with van der Waals surface area (Å²) in [5, 5.41) is 13.3. The highest BCUT2D eigenvalue weighted by Crippen LogP contribution is 2.29. The van der Waals surface area contributed by atoms with Crippen LogP contribution in [0.4, 0.5) is 0 Å². The molecule has 0 heterocycles. The zero-order valence-corrected chi connectivity index (χ0v) is 12.3. The van der Waals surface area contributed by atoms with Crippen molar-refractivity contribution in [1.29, 1.82) is 0 Å². The Labute approximate surface area is 124 Å². The van der Waals surface area contributed by atoms with Gasteiger partial charge in [-0.2, -0.15) is 0 Å². The zero-order valence-electron chi connectivity index (χ0n) is 11.6. The second kappa shape index (κ2) is 6.64. The van der Waals surface area contributed by atoms with E-state index < -0.39 is 0 Å². The summed E-state index contributed by atoms with van der Waals surface area (Å²) >= 11 is 6.04. The quantitative estimate of drug-likeness (QED) is 0.878. The molecule has 0 spiro atoms. The van der Waals surface area contributed by atoms with Crippen LogP contribution < -0.4 is 10.1 Å². The maximum atomic E-state index is 9.44. The lowest BCUT2D eigenvalue weighted by Crippen LogP contribution is -2.13. The summed E-state index contributed by atoms with van der Waals surface area (Å²) < 4.78 is 5.85. The lowest BCUT2D eigenvalue weighted by atomic mass is 10.1. The summed E-state index contributed by atoms with van der Waals surface area (Å²) in [4.78, 5) is 0. The number of benzene rings is 2. The van der Waals surface area contributed by atoms with Crippen LogP contribution >= 0.6 is 11.6 Å². The van der Waals surface area contributed by atoms with Gasteiger partial charge in [0.05, 0.1) is 0 Å². The summed E-state index contributed by atoms with van der Waals surface area (Å²) in [6.07, 6.45) is 0. The van der Waals surface area contributed by atoms with Gasteiger partial charge < -0.3 is 15.2 Å². The van der Waals surface area contributed by atoms with Crippen molar-refractivity contribution in [3.8, 4) is 11.5 Å². The molecule has 0 saturated carbocycles. The summed E-state index contributed by atoms with van der Waals surface area (Å²) in [7, 11) is 1.89. The molecule has 1 atom stereocenters. The standard InChI is InChI=1S/C16H18ClNO2/c1-11(18-2)15-9-13(17)6-7-16(15)20-10-12-4-3-5-14(19)8-12/h3-9,11,18-19H,10H2,1-2H3. The number of ether oxygens (including phenoxy) is 1. The molecule has 0 radical (unpaired) electrons. The number of nitrogens with one attached hydrogen (secondary N) is 1. The van der Waals surface area contributed by atoms with Gasteiger partial charge in [-0.25, -0.2) is 0 Å². The van der Waals surface area contributed by atoms with Crippen molar-refractivity contribution >= 4 is 11.6 Å². The van der Waals surface area contributed by atoms with Crippen molar-refractivity contribution in [2.75, 3.05) is 7.05 Å². The first-order valence-corrected chi connectivity index (χ1v) is 6.85. The SMILES string of the molecule is CNC(C)c1cc(Cl)ccc1OCc1cccc(O)c1. The monoisotopic (exact) mass is 291 g/mol. The van der Waals surface area contributed by atoms with Gasteiger partial charge in [0.15, 0.2) is 0 Å². The summed E-state index contributed by atoms with van der Waals surface area (Å²) in [6, 6.07) is 12.8.